The fraction of sp³-hybridized carbons (Fsp3) is 0.118. The van der Waals surface area contributed by atoms with Crippen molar-refractivity contribution < 1.29 is 19.4 Å². The van der Waals surface area contributed by atoms with Gasteiger partial charge in [0.15, 0.2) is 5.82 Å². The summed E-state index contributed by atoms with van der Waals surface area (Å²) in [6.45, 7) is 0. The maximum atomic E-state index is 12.4. The number of aromatic nitrogens is 2. The van der Waals surface area contributed by atoms with Gasteiger partial charge < -0.3 is 15.2 Å². The Labute approximate surface area is 137 Å². The highest BCUT2D eigenvalue weighted by Crippen LogP contribution is 2.24. The summed E-state index contributed by atoms with van der Waals surface area (Å²) in [5.41, 5.74) is 1.02. The summed E-state index contributed by atoms with van der Waals surface area (Å²) in [5, 5.41) is 17.0. The van der Waals surface area contributed by atoms with Gasteiger partial charge in [-0.1, -0.05) is 12.1 Å². The van der Waals surface area contributed by atoms with Gasteiger partial charge in [0, 0.05) is 18.0 Å². The van der Waals surface area contributed by atoms with E-state index in [0.29, 0.717) is 5.82 Å². The first kappa shape index (κ1) is 15.5. The third-order valence-corrected chi connectivity index (χ3v) is 3.68. The van der Waals surface area contributed by atoms with Crippen LogP contribution in [0.2, 0.25) is 0 Å². The second-order valence-corrected chi connectivity index (χ2v) is 5.16. The van der Waals surface area contributed by atoms with Crippen LogP contribution in [0.4, 0.5) is 5.82 Å². The van der Waals surface area contributed by atoms with Crippen molar-refractivity contribution in [2.45, 2.75) is 0 Å². The summed E-state index contributed by atoms with van der Waals surface area (Å²) in [7, 11) is 3.16. The Morgan fingerprint density at radius 1 is 1.21 bits per heavy atom. The van der Waals surface area contributed by atoms with E-state index in [4.69, 9.17) is 4.74 Å². The lowest BCUT2D eigenvalue weighted by atomic mass is 10.1. The van der Waals surface area contributed by atoms with Crippen LogP contribution in [-0.4, -0.2) is 33.9 Å². The van der Waals surface area contributed by atoms with Crippen molar-refractivity contribution in [3.63, 3.8) is 0 Å². The molecule has 24 heavy (non-hydrogen) atoms. The number of nitrogens with zero attached hydrogens (tertiary/aromatic N) is 2. The SMILES string of the molecule is COc1ccc(C(=O)Nc2nn(C)c3ccccc23)cc1C(=O)O. The second-order valence-electron chi connectivity index (χ2n) is 5.16. The van der Waals surface area contributed by atoms with E-state index >= 15 is 0 Å². The van der Waals surface area contributed by atoms with E-state index in [1.807, 2.05) is 24.3 Å². The first-order valence-corrected chi connectivity index (χ1v) is 7.15. The number of rotatable bonds is 4. The van der Waals surface area contributed by atoms with Crippen LogP contribution < -0.4 is 10.1 Å². The van der Waals surface area contributed by atoms with Crippen LogP contribution in [0.3, 0.4) is 0 Å². The quantitative estimate of drug-likeness (QED) is 0.769. The van der Waals surface area contributed by atoms with Crippen molar-refractivity contribution in [1.82, 2.24) is 9.78 Å². The van der Waals surface area contributed by atoms with Crippen LogP contribution in [0.1, 0.15) is 20.7 Å². The molecule has 1 heterocycles. The molecule has 3 rings (SSSR count). The molecule has 1 aromatic heterocycles. The molecule has 122 valence electrons. The number of fused-ring (bicyclic) bond motifs is 1. The number of ether oxygens (including phenoxy) is 1. The Bertz CT molecular complexity index is 946. The number of para-hydroxylation sites is 1. The Hall–Kier alpha value is -3.35. The summed E-state index contributed by atoms with van der Waals surface area (Å²) in [6, 6.07) is 11.7. The van der Waals surface area contributed by atoms with Gasteiger partial charge in [-0.2, -0.15) is 5.10 Å². The number of benzene rings is 2. The van der Waals surface area contributed by atoms with Gasteiger partial charge in [0.2, 0.25) is 0 Å². The highest BCUT2D eigenvalue weighted by molar-refractivity contribution is 6.09. The number of aromatic carboxylic acids is 1. The highest BCUT2D eigenvalue weighted by atomic mass is 16.5. The van der Waals surface area contributed by atoms with Gasteiger partial charge in [0.25, 0.3) is 5.91 Å². The lowest BCUT2D eigenvalue weighted by Gasteiger charge is -2.07. The Morgan fingerprint density at radius 3 is 2.67 bits per heavy atom. The number of anilines is 1. The topological polar surface area (TPSA) is 93.5 Å². The molecule has 1 amide bonds. The third-order valence-electron chi connectivity index (χ3n) is 3.68. The fourth-order valence-electron chi connectivity index (χ4n) is 2.50. The van der Waals surface area contributed by atoms with Crippen molar-refractivity contribution in [3.8, 4) is 5.75 Å². The minimum Gasteiger partial charge on any atom is -0.496 e. The van der Waals surface area contributed by atoms with Gasteiger partial charge >= 0.3 is 5.97 Å². The van der Waals surface area contributed by atoms with Crippen molar-refractivity contribution in [2.75, 3.05) is 12.4 Å². The van der Waals surface area contributed by atoms with Crippen LogP contribution in [0.25, 0.3) is 10.9 Å². The molecule has 7 heteroatoms. The van der Waals surface area contributed by atoms with Gasteiger partial charge in [0.05, 0.1) is 12.6 Å². The zero-order chi connectivity index (χ0) is 17.3. The molecular weight excluding hydrogens is 310 g/mol. The molecule has 0 saturated carbocycles. The summed E-state index contributed by atoms with van der Waals surface area (Å²) >= 11 is 0. The number of aryl methyl sites for hydroxylation is 1. The normalized spacial score (nSPS) is 10.6. The number of carbonyl (C=O) groups is 2. The molecule has 0 aliphatic heterocycles. The number of nitrogens with one attached hydrogen (secondary N) is 1. The van der Waals surface area contributed by atoms with Crippen LogP contribution in [0.15, 0.2) is 42.5 Å². The lowest BCUT2D eigenvalue weighted by Crippen LogP contribution is -2.14. The summed E-state index contributed by atoms with van der Waals surface area (Å²) < 4.78 is 6.66. The molecule has 0 saturated heterocycles. The zero-order valence-corrected chi connectivity index (χ0v) is 13.1. The zero-order valence-electron chi connectivity index (χ0n) is 13.1. The van der Waals surface area contributed by atoms with Gasteiger partial charge in [-0.3, -0.25) is 9.48 Å². The molecule has 7 nitrogen and oxygen atoms in total. The van der Waals surface area contributed by atoms with Gasteiger partial charge in [-0.15, -0.1) is 0 Å². The first-order chi connectivity index (χ1) is 11.5. The molecular formula is C17H15N3O4. The summed E-state index contributed by atoms with van der Waals surface area (Å²) in [4.78, 5) is 23.7. The molecule has 0 aliphatic rings. The summed E-state index contributed by atoms with van der Waals surface area (Å²) in [6.07, 6.45) is 0. The maximum Gasteiger partial charge on any atom is 0.339 e. The van der Waals surface area contributed by atoms with Crippen molar-refractivity contribution in [1.29, 1.82) is 0 Å². The Morgan fingerprint density at radius 2 is 1.96 bits per heavy atom. The average molecular weight is 325 g/mol. The minimum atomic E-state index is -1.16. The van der Waals surface area contributed by atoms with E-state index in [1.165, 1.54) is 25.3 Å². The molecule has 3 aromatic rings. The molecule has 0 unspecified atom stereocenters. The smallest absolute Gasteiger partial charge is 0.339 e. The van der Waals surface area contributed by atoms with E-state index < -0.39 is 11.9 Å². The van der Waals surface area contributed by atoms with Gasteiger partial charge in [-0.25, -0.2) is 4.79 Å². The molecule has 2 N–H and O–H groups in total. The maximum absolute atomic E-state index is 12.4. The third kappa shape index (κ3) is 2.67. The number of methoxy groups -OCH3 is 1. The predicted molar refractivity (Wildman–Crippen MR) is 88.6 cm³/mol. The van der Waals surface area contributed by atoms with Gasteiger partial charge in [-0.05, 0) is 30.3 Å². The van der Waals surface area contributed by atoms with Crippen molar-refractivity contribution >= 4 is 28.6 Å². The lowest BCUT2D eigenvalue weighted by molar-refractivity contribution is 0.0693. The molecule has 0 atom stereocenters. The Balaban J connectivity index is 1.95. The molecule has 0 aliphatic carbocycles. The molecule has 0 fully saturated rings. The van der Waals surface area contributed by atoms with E-state index in [9.17, 15) is 14.7 Å². The van der Waals surface area contributed by atoms with Crippen LogP contribution >= 0.6 is 0 Å². The predicted octanol–water partition coefficient (Wildman–Crippen LogP) is 2.53. The Kier molecular flexibility index (Phi) is 3.91. The second kappa shape index (κ2) is 6.04. The number of carbonyl (C=O) groups excluding carboxylic acids is 1. The van der Waals surface area contributed by atoms with E-state index in [1.54, 1.807) is 11.7 Å². The van der Waals surface area contributed by atoms with E-state index in [0.717, 1.165) is 10.9 Å². The number of hydrogen-bond acceptors (Lipinski definition) is 4. The van der Waals surface area contributed by atoms with Crippen LogP contribution in [0, 0.1) is 0 Å². The number of amides is 1. The van der Waals surface area contributed by atoms with Crippen LogP contribution in [0.5, 0.6) is 5.75 Å². The van der Waals surface area contributed by atoms with Gasteiger partial charge in [0.1, 0.15) is 11.3 Å². The molecule has 0 spiro atoms. The standard InChI is InChI=1S/C17H15N3O4/c1-20-13-6-4-3-5-11(13)15(19-20)18-16(21)10-7-8-14(24-2)12(9-10)17(22)23/h3-9H,1-2H3,(H,22,23)(H,18,19,21). The number of carboxylic acids is 1. The largest absolute Gasteiger partial charge is 0.496 e. The van der Waals surface area contributed by atoms with Crippen LogP contribution in [-0.2, 0) is 7.05 Å². The summed E-state index contributed by atoms with van der Waals surface area (Å²) in [5.74, 6) is -0.984. The molecule has 0 bridgehead atoms. The average Bonchev–Trinajstić information content (AvgIpc) is 2.90. The minimum absolute atomic E-state index is 0.0731. The van der Waals surface area contributed by atoms with Crippen molar-refractivity contribution in [2.24, 2.45) is 7.05 Å². The van der Waals surface area contributed by atoms with E-state index in [-0.39, 0.29) is 16.9 Å². The number of carboxylic acid groups (broad SMARTS) is 1. The first-order valence-electron chi connectivity index (χ1n) is 7.15. The molecule has 0 radical (unpaired) electrons. The van der Waals surface area contributed by atoms with Crippen molar-refractivity contribution in [3.05, 3.63) is 53.6 Å². The monoisotopic (exact) mass is 325 g/mol. The van der Waals surface area contributed by atoms with E-state index in [2.05, 4.69) is 10.4 Å². The fourth-order valence-corrected chi connectivity index (χ4v) is 2.50. The molecule has 2 aromatic carbocycles. The highest BCUT2D eigenvalue weighted by Gasteiger charge is 2.17. The number of hydrogen-bond donors (Lipinski definition) is 2.